The summed E-state index contributed by atoms with van der Waals surface area (Å²) in [4.78, 5) is 25.3. The summed E-state index contributed by atoms with van der Waals surface area (Å²) >= 11 is 0. The highest BCUT2D eigenvalue weighted by molar-refractivity contribution is 5.87. The van der Waals surface area contributed by atoms with Crippen LogP contribution in [0.2, 0.25) is 0 Å². The van der Waals surface area contributed by atoms with E-state index < -0.39 is 12.0 Å². The molecule has 0 saturated carbocycles. The van der Waals surface area contributed by atoms with Gasteiger partial charge in [-0.1, -0.05) is 6.92 Å². The van der Waals surface area contributed by atoms with E-state index in [2.05, 4.69) is 12.2 Å². The second-order valence-corrected chi connectivity index (χ2v) is 5.43. The van der Waals surface area contributed by atoms with E-state index in [1.807, 2.05) is 0 Å². The van der Waals surface area contributed by atoms with E-state index in [9.17, 15) is 14.7 Å². The highest BCUT2D eigenvalue weighted by Gasteiger charge is 2.37. The third kappa shape index (κ3) is 2.66. The third-order valence-corrected chi connectivity index (χ3v) is 4.11. The number of carbonyl (C=O) groups is 2. The Balaban J connectivity index is 2.07. The van der Waals surface area contributed by atoms with Crippen molar-refractivity contribution in [3.8, 4) is 0 Å². The molecule has 3 unspecified atom stereocenters. The van der Waals surface area contributed by atoms with Crippen molar-refractivity contribution in [2.75, 3.05) is 13.1 Å². The van der Waals surface area contributed by atoms with E-state index in [0.29, 0.717) is 18.9 Å². The number of hydrogen-bond acceptors (Lipinski definition) is 3. The molecule has 0 aromatic heterocycles. The molecular formula is C13H22N2O3. The minimum atomic E-state index is -0.869. The molecule has 2 saturated heterocycles. The highest BCUT2D eigenvalue weighted by Crippen LogP contribution is 2.23. The summed E-state index contributed by atoms with van der Waals surface area (Å²) in [7, 11) is 0. The van der Waals surface area contributed by atoms with Gasteiger partial charge in [0.2, 0.25) is 5.91 Å². The summed E-state index contributed by atoms with van der Waals surface area (Å²) in [5.74, 6) is -0.594. The maximum Gasteiger partial charge on any atom is 0.326 e. The van der Waals surface area contributed by atoms with E-state index >= 15 is 0 Å². The van der Waals surface area contributed by atoms with Gasteiger partial charge in [0, 0.05) is 6.54 Å². The number of aliphatic carboxylic acids is 1. The Morgan fingerprint density at radius 3 is 2.67 bits per heavy atom. The van der Waals surface area contributed by atoms with Crippen LogP contribution in [0.5, 0.6) is 0 Å². The minimum absolute atomic E-state index is 0.0192. The SMILES string of the molecule is CC1CCCNC1C(=O)N1CCCCC1C(=O)O. The van der Waals surface area contributed by atoms with Crippen LogP contribution in [0.15, 0.2) is 0 Å². The number of carboxylic acids is 1. The number of nitrogens with one attached hydrogen (secondary N) is 1. The lowest BCUT2D eigenvalue weighted by Gasteiger charge is -2.38. The lowest BCUT2D eigenvalue weighted by Crippen LogP contribution is -2.57. The molecule has 0 radical (unpaired) electrons. The van der Waals surface area contributed by atoms with Crippen LogP contribution < -0.4 is 5.32 Å². The van der Waals surface area contributed by atoms with Crippen LogP contribution in [0, 0.1) is 5.92 Å². The molecule has 0 aliphatic carbocycles. The summed E-state index contributed by atoms with van der Waals surface area (Å²) in [6.07, 6.45) is 4.52. The lowest BCUT2D eigenvalue weighted by atomic mass is 9.90. The number of likely N-dealkylation sites (tertiary alicyclic amines) is 1. The lowest BCUT2D eigenvalue weighted by molar-refractivity contribution is -0.153. The Hall–Kier alpha value is -1.10. The van der Waals surface area contributed by atoms with Gasteiger partial charge in [0.15, 0.2) is 0 Å². The van der Waals surface area contributed by atoms with E-state index in [1.54, 1.807) is 4.90 Å². The first kappa shape index (κ1) is 13.3. The second-order valence-electron chi connectivity index (χ2n) is 5.43. The molecule has 2 heterocycles. The average molecular weight is 254 g/mol. The van der Waals surface area contributed by atoms with Gasteiger partial charge in [-0.05, 0) is 44.6 Å². The van der Waals surface area contributed by atoms with E-state index in [4.69, 9.17) is 0 Å². The van der Waals surface area contributed by atoms with Gasteiger partial charge in [-0.2, -0.15) is 0 Å². The fourth-order valence-corrected chi connectivity index (χ4v) is 3.01. The van der Waals surface area contributed by atoms with Crippen LogP contribution in [-0.2, 0) is 9.59 Å². The first-order valence-electron chi connectivity index (χ1n) is 6.88. The maximum atomic E-state index is 12.5. The summed E-state index contributed by atoms with van der Waals surface area (Å²) in [5, 5.41) is 12.4. The number of rotatable bonds is 2. The molecule has 102 valence electrons. The van der Waals surface area contributed by atoms with Crippen LogP contribution in [0.4, 0.5) is 0 Å². The molecule has 2 aliphatic rings. The Morgan fingerprint density at radius 1 is 1.22 bits per heavy atom. The molecule has 2 rings (SSSR count). The largest absolute Gasteiger partial charge is 0.480 e. The monoisotopic (exact) mass is 254 g/mol. The zero-order valence-electron chi connectivity index (χ0n) is 10.9. The number of hydrogen-bond donors (Lipinski definition) is 2. The van der Waals surface area contributed by atoms with E-state index in [1.165, 1.54) is 0 Å². The molecule has 0 aromatic rings. The average Bonchev–Trinajstić information content (AvgIpc) is 2.38. The first-order valence-corrected chi connectivity index (χ1v) is 6.88. The number of carboxylic acid groups (broad SMARTS) is 1. The summed E-state index contributed by atoms with van der Waals surface area (Å²) in [6, 6.07) is -0.819. The van der Waals surface area contributed by atoms with Crippen molar-refractivity contribution in [2.45, 2.75) is 51.1 Å². The van der Waals surface area contributed by atoms with Gasteiger partial charge in [-0.25, -0.2) is 4.79 Å². The molecule has 3 atom stereocenters. The minimum Gasteiger partial charge on any atom is -0.480 e. The molecule has 5 nitrogen and oxygen atoms in total. The molecule has 2 aliphatic heterocycles. The Labute approximate surface area is 108 Å². The summed E-state index contributed by atoms with van der Waals surface area (Å²) in [6.45, 7) is 3.50. The predicted molar refractivity (Wildman–Crippen MR) is 67.2 cm³/mol. The maximum absolute atomic E-state index is 12.5. The number of piperidine rings is 2. The van der Waals surface area contributed by atoms with E-state index in [-0.39, 0.29) is 11.9 Å². The molecule has 0 spiro atoms. The van der Waals surface area contributed by atoms with Crippen LogP contribution in [0.1, 0.15) is 39.0 Å². The van der Waals surface area contributed by atoms with Crippen molar-refractivity contribution in [1.82, 2.24) is 10.2 Å². The summed E-state index contributed by atoms with van der Waals surface area (Å²) < 4.78 is 0. The van der Waals surface area contributed by atoms with Crippen LogP contribution >= 0.6 is 0 Å². The van der Waals surface area contributed by atoms with Gasteiger partial charge in [-0.15, -0.1) is 0 Å². The number of carbonyl (C=O) groups excluding carboxylic acids is 1. The fraction of sp³-hybridized carbons (Fsp3) is 0.846. The van der Waals surface area contributed by atoms with Gasteiger partial charge >= 0.3 is 5.97 Å². The quantitative estimate of drug-likeness (QED) is 0.766. The molecule has 5 heteroatoms. The van der Waals surface area contributed by atoms with Crippen LogP contribution in [0.25, 0.3) is 0 Å². The van der Waals surface area contributed by atoms with Crippen molar-refractivity contribution in [3.63, 3.8) is 0 Å². The Morgan fingerprint density at radius 2 is 2.00 bits per heavy atom. The Kier molecular flexibility index (Phi) is 4.22. The summed E-state index contributed by atoms with van der Waals surface area (Å²) in [5.41, 5.74) is 0. The number of amides is 1. The van der Waals surface area contributed by atoms with Crippen molar-refractivity contribution in [1.29, 1.82) is 0 Å². The van der Waals surface area contributed by atoms with Crippen molar-refractivity contribution >= 4 is 11.9 Å². The van der Waals surface area contributed by atoms with Gasteiger partial charge in [0.05, 0.1) is 6.04 Å². The van der Waals surface area contributed by atoms with Crippen LogP contribution in [-0.4, -0.2) is 47.1 Å². The van der Waals surface area contributed by atoms with E-state index in [0.717, 1.165) is 32.2 Å². The van der Waals surface area contributed by atoms with Gasteiger partial charge in [-0.3, -0.25) is 4.79 Å². The van der Waals surface area contributed by atoms with Gasteiger partial charge in [0.25, 0.3) is 0 Å². The number of nitrogens with zero attached hydrogens (tertiary/aromatic N) is 1. The molecule has 0 aromatic carbocycles. The Bertz CT molecular complexity index is 332. The molecule has 2 N–H and O–H groups in total. The molecule has 2 fully saturated rings. The van der Waals surface area contributed by atoms with Crippen molar-refractivity contribution in [3.05, 3.63) is 0 Å². The van der Waals surface area contributed by atoms with Crippen molar-refractivity contribution < 1.29 is 14.7 Å². The molecular weight excluding hydrogens is 232 g/mol. The molecule has 0 bridgehead atoms. The molecule has 1 amide bonds. The zero-order valence-corrected chi connectivity index (χ0v) is 10.9. The standard InChI is InChI=1S/C13H22N2O3/c1-9-5-4-7-14-11(9)12(16)15-8-3-2-6-10(15)13(17)18/h9-11,14H,2-8H2,1H3,(H,17,18). The highest BCUT2D eigenvalue weighted by atomic mass is 16.4. The van der Waals surface area contributed by atoms with Crippen LogP contribution in [0.3, 0.4) is 0 Å². The molecule has 18 heavy (non-hydrogen) atoms. The predicted octanol–water partition coefficient (Wildman–Crippen LogP) is 0.840. The fourth-order valence-electron chi connectivity index (χ4n) is 3.01. The second kappa shape index (κ2) is 5.69. The van der Waals surface area contributed by atoms with Gasteiger partial charge < -0.3 is 15.3 Å². The smallest absolute Gasteiger partial charge is 0.326 e. The van der Waals surface area contributed by atoms with Gasteiger partial charge in [0.1, 0.15) is 6.04 Å². The first-order chi connectivity index (χ1) is 8.61. The normalized spacial score (nSPS) is 33.2. The zero-order chi connectivity index (χ0) is 13.1. The van der Waals surface area contributed by atoms with Crippen molar-refractivity contribution in [2.24, 2.45) is 5.92 Å². The third-order valence-electron chi connectivity index (χ3n) is 4.11. The topological polar surface area (TPSA) is 69.6 Å².